The summed E-state index contributed by atoms with van der Waals surface area (Å²) in [5.74, 6) is 0. The van der Waals surface area contributed by atoms with Crippen LogP contribution in [-0.4, -0.2) is 4.57 Å². The summed E-state index contributed by atoms with van der Waals surface area (Å²) in [7, 11) is 4.25. The molecule has 0 saturated heterocycles. The minimum atomic E-state index is 0.0703. The highest BCUT2D eigenvalue weighted by Gasteiger charge is 2.24. The molecule has 3 heterocycles. The van der Waals surface area contributed by atoms with Crippen molar-refractivity contribution in [2.45, 2.75) is 40.0 Å². The summed E-state index contributed by atoms with van der Waals surface area (Å²) >= 11 is 0. The molecule has 0 aliphatic rings. The predicted molar refractivity (Wildman–Crippen MR) is 117 cm³/mol. The van der Waals surface area contributed by atoms with Crippen LogP contribution < -0.4 is 4.57 Å². The molecule has 0 saturated carbocycles. The summed E-state index contributed by atoms with van der Waals surface area (Å²) in [5, 5.41) is 4.94. The fraction of sp³-hybridized carbons (Fsp3) is 0.320. The average molecular weight is 372 g/mol. The van der Waals surface area contributed by atoms with Gasteiger partial charge in [-0.3, -0.25) is 0 Å². The van der Waals surface area contributed by atoms with Gasteiger partial charge in [0, 0.05) is 35.8 Å². The first-order valence-electron chi connectivity index (χ1n) is 9.92. The minimum absolute atomic E-state index is 0.0703. The largest absolute Gasteiger partial charge is 0.456 e. The molecule has 3 nitrogen and oxygen atoms in total. The van der Waals surface area contributed by atoms with Crippen molar-refractivity contribution in [3.8, 4) is 0 Å². The number of fused-ring (bicyclic) bond motifs is 3. The first kappa shape index (κ1) is 17.3. The van der Waals surface area contributed by atoms with E-state index in [-0.39, 0.29) is 5.41 Å². The third-order valence-corrected chi connectivity index (χ3v) is 6.29. The van der Waals surface area contributed by atoms with Crippen LogP contribution >= 0.6 is 0 Å². The van der Waals surface area contributed by atoms with Crippen molar-refractivity contribution in [3.63, 3.8) is 0 Å². The molecule has 2 aromatic carbocycles. The standard InChI is InChI=1S/C25H27N2O/c1-14-18-9-11-26(6)22(18)15(2)20-23-21-16(8-10-27(23)7)12-17(25(3,4)5)13-19(21)28-24(14)20/h8-13H,1-7H3/q+1. The fourth-order valence-electron chi connectivity index (χ4n) is 4.70. The van der Waals surface area contributed by atoms with Crippen LogP contribution in [0.25, 0.3) is 43.7 Å². The number of pyridine rings is 1. The Morgan fingerprint density at radius 1 is 1.00 bits per heavy atom. The van der Waals surface area contributed by atoms with Gasteiger partial charge < -0.3 is 8.98 Å². The first-order chi connectivity index (χ1) is 13.2. The van der Waals surface area contributed by atoms with E-state index in [4.69, 9.17) is 4.42 Å². The molecule has 5 rings (SSSR count). The number of aryl methyl sites for hydroxylation is 4. The van der Waals surface area contributed by atoms with Crippen LogP contribution in [0.4, 0.5) is 0 Å². The van der Waals surface area contributed by atoms with Gasteiger partial charge in [-0.15, -0.1) is 0 Å². The molecule has 0 aliphatic heterocycles. The Morgan fingerprint density at radius 2 is 1.75 bits per heavy atom. The zero-order valence-electron chi connectivity index (χ0n) is 17.8. The lowest BCUT2D eigenvalue weighted by Crippen LogP contribution is -2.25. The van der Waals surface area contributed by atoms with E-state index in [9.17, 15) is 0 Å². The van der Waals surface area contributed by atoms with Crippen LogP contribution in [0.15, 0.2) is 41.1 Å². The second-order valence-corrected chi connectivity index (χ2v) is 9.21. The van der Waals surface area contributed by atoms with Crippen molar-refractivity contribution >= 4 is 43.7 Å². The molecular formula is C25H27N2O+. The topological polar surface area (TPSA) is 21.9 Å². The Hall–Kier alpha value is -2.81. The maximum atomic E-state index is 6.65. The molecule has 0 aliphatic carbocycles. The van der Waals surface area contributed by atoms with Crippen LogP contribution in [0.3, 0.4) is 0 Å². The first-order valence-corrected chi connectivity index (χ1v) is 9.92. The molecule has 28 heavy (non-hydrogen) atoms. The molecule has 3 aromatic heterocycles. The molecule has 0 unspecified atom stereocenters. The van der Waals surface area contributed by atoms with Gasteiger partial charge in [0.05, 0.1) is 16.3 Å². The molecular weight excluding hydrogens is 344 g/mol. The van der Waals surface area contributed by atoms with E-state index in [1.165, 1.54) is 49.3 Å². The number of benzene rings is 2. The highest BCUT2D eigenvalue weighted by molar-refractivity contribution is 6.19. The van der Waals surface area contributed by atoms with Gasteiger partial charge in [-0.1, -0.05) is 26.8 Å². The fourth-order valence-corrected chi connectivity index (χ4v) is 4.70. The molecule has 0 N–H and O–H groups in total. The summed E-state index contributed by atoms with van der Waals surface area (Å²) in [6.07, 6.45) is 4.31. The van der Waals surface area contributed by atoms with E-state index in [2.05, 4.69) is 94.5 Å². The van der Waals surface area contributed by atoms with E-state index in [0.29, 0.717) is 0 Å². The highest BCUT2D eigenvalue weighted by atomic mass is 16.3. The van der Waals surface area contributed by atoms with E-state index in [1.807, 2.05) is 0 Å². The van der Waals surface area contributed by atoms with E-state index in [0.717, 1.165) is 11.2 Å². The van der Waals surface area contributed by atoms with E-state index < -0.39 is 0 Å². The Balaban J connectivity index is 2.13. The van der Waals surface area contributed by atoms with Gasteiger partial charge >= 0.3 is 0 Å². The highest BCUT2D eigenvalue weighted by Crippen LogP contribution is 2.40. The Bertz CT molecular complexity index is 1420. The van der Waals surface area contributed by atoms with E-state index >= 15 is 0 Å². The maximum absolute atomic E-state index is 6.65. The van der Waals surface area contributed by atoms with Crippen molar-refractivity contribution in [3.05, 3.63) is 53.3 Å². The second kappa shape index (κ2) is 5.38. The van der Waals surface area contributed by atoms with Crippen molar-refractivity contribution in [2.75, 3.05) is 0 Å². The summed E-state index contributed by atoms with van der Waals surface area (Å²) in [5.41, 5.74) is 8.35. The molecule has 0 atom stereocenters. The number of aromatic nitrogens is 2. The van der Waals surface area contributed by atoms with Crippen LogP contribution in [0.5, 0.6) is 0 Å². The monoisotopic (exact) mass is 371 g/mol. The molecule has 0 radical (unpaired) electrons. The molecule has 0 spiro atoms. The van der Waals surface area contributed by atoms with Crippen molar-refractivity contribution in [1.82, 2.24) is 4.57 Å². The van der Waals surface area contributed by atoms with Gasteiger partial charge in [0.15, 0.2) is 6.20 Å². The Kier molecular flexibility index (Phi) is 3.32. The van der Waals surface area contributed by atoms with Crippen molar-refractivity contribution < 1.29 is 8.98 Å². The smallest absolute Gasteiger partial charge is 0.216 e. The second-order valence-electron chi connectivity index (χ2n) is 9.21. The SMILES string of the molecule is Cc1c2cc[n+](C)c2c(C)c2c1oc1cc(C(C)(C)C)cc3ccn(C)c2c31. The average Bonchev–Trinajstić information content (AvgIpc) is 3.03. The van der Waals surface area contributed by atoms with Crippen LogP contribution in [0, 0.1) is 13.8 Å². The van der Waals surface area contributed by atoms with Gasteiger partial charge in [-0.2, -0.15) is 0 Å². The summed E-state index contributed by atoms with van der Waals surface area (Å²) in [6, 6.07) is 8.96. The van der Waals surface area contributed by atoms with Crippen LogP contribution in [-0.2, 0) is 19.5 Å². The minimum Gasteiger partial charge on any atom is -0.456 e. The summed E-state index contributed by atoms with van der Waals surface area (Å²) in [4.78, 5) is 0. The lowest BCUT2D eigenvalue weighted by atomic mass is 9.85. The number of hydrogen-bond acceptors (Lipinski definition) is 1. The van der Waals surface area contributed by atoms with Crippen molar-refractivity contribution in [1.29, 1.82) is 0 Å². The van der Waals surface area contributed by atoms with Gasteiger partial charge in [-0.25, -0.2) is 4.57 Å². The number of nitrogens with zero attached hydrogens (tertiary/aromatic N) is 2. The lowest BCUT2D eigenvalue weighted by molar-refractivity contribution is -0.642. The third kappa shape index (κ3) is 2.13. The number of hydrogen-bond donors (Lipinski definition) is 0. The number of rotatable bonds is 0. The van der Waals surface area contributed by atoms with Crippen LogP contribution in [0.2, 0.25) is 0 Å². The molecule has 5 aromatic rings. The predicted octanol–water partition coefficient (Wildman–Crippen LogP) is 5.97. The lowest BCUT2D eigenvalue weighted by Gasteiger charge is -2.22. The molecule has 0 amide bonds. The quantitative estimate of drug-likeness (QED) is 0.187. The van der Waals surface area contributed by atoms with Gasteiger partial charge in [0.2, 0.25) is 5.52 Å². The molecule has 0 bridgehead atoms. The van der Waals surface area contributed by atoms with E-state index in [1.54, 1.807) is 0 Å². The normalized spacial score (nSPS) is 12.8. The Labute approximate surface area is 165 Å². The molecule has 3 heteroatoms. The van der Waals surface area contributed by atoms with Gasteiger partial charge in [-0.05, 0) is 42.3 Å². The molecule has 0 fully saturated rings. The zero-order chi connectivity index (χ0) is 20.0. The summed E-state index contributed by atoms with van der Waals surface area (Å²) < 4.78 is 11.1. The summed E-state index contributed by atoms with van der Waals surface area (Å²) in [6.45, 7) is 11.2. The maximum Gasteiger partial charge on any atom is 0.216 e. The molecule has 142 valence electrons. The van der Waals surface area contributed by atoms with Gasteiger partial charge in [0.25, 0.3) is 0 Å². The van der Waals surface area contributed by atoms with Crippen molar-refractivity contribution in [2.24, 2.45) is 14.1 Å². The zero-order valence-corrected chi connectivity index (χ0v) is 17.8. The third-order valence-electron chi connectivity index (χ3n) is 6.29. The Morgan fingerprint density at radius 3 is 2.46 bits per heavy atom. The van der Waals surface area contributed by atoms with Gasteiger partial charge in [0.1, 0.15) is 18.2 Å². The van der Waals surface area contributed by atoms with Crippen LogP contribution in [0.1, 0.15) is 37.5 Å².